The number of para-hydroxylation sites is 2. The number of aromatic nitrogens is 2. The second-order valence-electron chi connectivity index (χ2n) is 9.77. The number of carbonyl (C=O) groups is 4. The molecular formula is C34H21N3O6+2. The van der Waals surface area contributed by atoms with Gasteiger partial charge in [0.25, 0.3) is 22.8 Å². The third kappa shape index (κ3) is 4.45. The van der Waals surface area contributed by atoms with Gasteiger partial charge >= 0.3 is 11.9 Å². The lowest BCUT2D eigenvalue weighted by Gasteiger charge is -2.17. The standard InChI is InChI=1S/C34H21N3O6/c38-31-25-13-3-4-14-26(25)32(39)37(31)30-21-24(33(40)42-35-19-7-11-22-9-1-5-15-28(22)35)17-18-27(30)34(41)43-36-20-8-12-23-10-2-6-16-29(23)36/h1-21H/q+2. The molecule has 2 aromatic heterocycles. The van der Waals surface area contributed by atoms with Crippen LogP contribution >= 0.6 is 0 Å². The number of fused-ring (bicyclic) bond motifs is 3. The van der Waals surface area contributed by atoms with Gasteiger partial charge in [0, 0.05) is 33.7 Å². The first-order chi connectivity index (χ1) is 21.0. The highest BCUT2D eigenvalue weighted by Crippen LogP contribution is 2.32. The number of pyridine rings is 2. The third-order valence-electron chi connectivity index (χ3n) is 7.19. The molecule has 0 radical (unpaired) electrons. The van der Waals surface area contributed by atoms with E-state index < -0.39 is 23.8 Å². The number of carbonyl (C=O) groups excluding carboxylic acids is 4. The van der Waals surface area contributed by atoms with Crippen molar-refractivity contribution < 1.29 is 38.3 Å². The Bertz CT molecular complexity index is 2100. The van der Waals surface area contributed by atoms with Crippen LogP contribution in [-0.4, -0.2) is 23.8 Å². The highest BCUT2D eigenvalue weighted by molar-refractivity contribution is 6.35. The first-order valence-electron chi connectivity index (χ1n) is 13.4. The van der Waals surface area contributed by atoms with Gasteiger partial charge in [-0.1, -0.05) is 36.4 Å². The second kappa shape index (κ2) is 10.3. The molecule has 43 heavy (non-hydrogen) atoms. The van der Waals surface area contributed by atoms with E-state index >= 15 is 0 Å². The SMILES string of the molecule is O=C(O[n+]1cccc2ccccc21)c1ccc(C(=O)O[n+]2cccc3ccccc32)c(N2C(=O)c3ccccc3C2=O)c1. The van der Waals surface area contributed by atoms with Gasteiger partial charge in [-0.15, -0.1) is 0 Å². The number of benzene rings is 4. The van der Waals surface area contributed by atoms with Crippen LogP contribution < -0.4 is 24.0 Å². The summed E-state index contributed by atoms with van der Waals surface area (Å²) in [6.45, 7) is 0. The number of amides is 2. The van der Waals surface area contributed by atoms with Crippen LogP contribution in [-0.2, 0) is 0 Å². The Morgan fingerprint density at radius 3 is 1.63 bits per heavy atom. The van der Waals surface area contributed by atoms with Gasteiger partial charge < -0.3 is 0 Å². The van der Waals surface area contributed by atoms with Crippen molar-refractivity contribution in [1.82, 2.24) is 0 Å². The van der Waals surface area contributed by atoms with Gasteiger partial charge in [-0.05, 0) is 54.6 Å². The van der Waals surface area contributed by atoms with E-state index in [1.54, 1.807) is 48.8 Å². The summed E-state index contributed by atoms with van der Waals surface area (Å²) in [6, 6.07) is 32.3. The fourth-order valence-electron chi connectivity index (χ4n) is 5.13. The Balaban J connectivity index is 1.30. The van der Waals surface area contributed by atoms with Gasteiger partial charge in [-0.2, -0.15) is 9.68 Å². The van der Waals surface area contributed by atoms with E-state index in [1.165, 1.54) is 39.8 Å². The molecule has 0 saturated carbocycles. The topological polar surface area (TPSA) is 97.7 Å². The molecule has 0 spiro atoms. The molecule has 9 nitrogen and oxygen atoms in total. The predicted molar refractivity (Wildman–Crippen MR) is 154 cm³/mol. The average molecular weight is 568 g/mol. The van der Waals surface area contributed by atoms with Crippen LogP contribution in [0.3, 0.4) is 0 Å². The number of hydrogen-bond acceptors (Lipinski definition) is 6. The van der Waals surface area contributed by atoms with Crippen molar-refractivity contribution in [3.8, 4) is 0 Å². The molecule has 0 saturated heterocycles. The minimum absolute atomic E-state index is 0.0151. The predicted octanol–water partition coefficient (Wildman–Crippen LogP) is 3.91. The lowest BCUT2D eigenvalue weighted by molar-refractivity contribution is -0.847. The van der Waals surface area contributed by atoms with Crippen molar-refractivity contribution in [3.63, 3.8) is 0 Å². The van der Waals surface area contributed by atoms with E-state index in [1.807, 2.05) is 48.5 Å². The summed E-state index contributed by atoms with van der Waals surface area (Å²) in [5.74, 6) is -2.85. The smallest absolute Gasteiger partial charge is 0.268 e. The van der Waals surface area contributed by atoms with Gasteiger partial charge in [0.1, 0.15) is 0 Å². The molecule has 9 heteroatoms. The van der Waals surface area contributed by atoms with Crippen LogP contribution in [0.4, 0.5) is 5.69 Å². The quantitative estimate of drug-likeness (QED) is 0.232. The molecule has 0 bridgehead atoms. The number of anilines is 1. The van der Waals surface area contributed by atoms with E-state index in [0.717, 1.165) is 15.7 Å². The fraction of sp³-hybridized carbons (Fsp3) is 0. The molecule has 206 valence electrons. The van der Waals surface area contributed by atoms with Crippen LogP contribution in [0.2, 0.25) is 0 Å². The summed E-state index contributed by atoms with van der Waals surface area (Å²) in [6.07, 6.45) is 3.17. The number of imide groups is 1. The van der Waals surface area contributed by atoms with Crippen molar-refractivity contribution >= 4 is 51.2 Å². The van der Waals surface area contributed by atoms with E-state index in [2.05, 4.69) is 0 Å². The van der Waals surface area contributed by atoms with Crippen LogP contribution in [0.1, 0.15) is 41.4 Å². The van der Waals surface area contributed by atoms with Crippen molar-refractivity contribution in [2.75, 3.05) is 4.90 Å². The number of hydrogen-bond donors (Lipinski definition) is 0. The first kappa shape index (κ1) is 25.7. The van der Waals surface area contributed by atoms with Gasteiger partial charge in [0.2, 0.25) is 12.4 Å². The summed E-state index contributed by atoms with van der Waals surface area (Å²) in [5.41, 5.74) is 1.49. The fourth-order valence-corrected chi connectivity index (χ4v) is 5.13. The molecule has 1 aliphatic rings. The van der Waals surface area contributed by atoms with Crippen molar-refractivity contribution in [2.45, 2.75) is 0 Å². The Morgan fingerprint density at radius 2 is 1.05 bits per heavy atom. The van der Waals surface area contributed by atoms with Gasteiger partial charge in [-0.25, -0.2) is 14.5 Å². The van der Waals surface area contributed by atoms with Gasteiger partial charge in [0.15, 0.2) is 0 Å². The normalized spacial score (nSPS) is 12.4. The summed E-state index contributed by atoms with van der Waals surface area (Å²) in [5, 5.41) is 1.69. The zero-order valence-electron chi connectivity index (χ0n) is 22.4. The molecule has 2 amide bonds. The maximum Gasteiger partial charge on any atom is 0.413 e. The summed E-state index contributed by atoms with van der Waals surface area (Å²) >= 11 is 0. The summed E-state index contributed by atoms with van der Waals surface area (Å²) in [4.78, 5) is 66.2. The lowest BCUT2D eigenvalue weighted by Crippen LogP contribution is -2.47. The van der Waals surface area contributed by atoms with Crippen LogP contribution in [0.15, 0.2) is 128 Å². The minimum atomic E-state index is -0.837. The Kier molecular flexibility index (Phi) is 6.17. The summed E-state index contributed by atoms with van der Waals surface area (Å²) in [7, 11) is 0. The lowest BCUT2D eigenvalue weighted by atomic mass is 10.1. The average Bonchev–Trinajstić information content (AvgIpc) is 3.30. The molecule has 0 unspecified atom stereocenters. The van der Waals surface area contributed by atoms with E-state index in [9.17, 15) is 19.2 Å². The molecule has 4 aromatic carbocycles. The van der Waals surface area contributed by atoms with Crippen molar-refractivity contribution in [2.24, 2.45) is 0 Å². The highest BCUT2D eigenvalue weighted by atomic mass is 16.7. The second-order valence-corrected chi connectivity index (χ2v) is 9.77. The molecule has 6 aromatic rings. The Hall–Kier alpha value is -6.22. The van der Waals surface area contributed by atoms with Crippen LogP contribution in [0, 0.1) is 0 Å². The summed E-state index contributed by atoms with van der Waals surface area (Å²) < 4.78 is 2.64. The number of nitrogens with zero attached hydrogens (tertiary/aromatic N) is 3. The van der Waals surface area contributed by atoms with Crippen molar-refractivity contribution in [3.05, 3.63) is 150 Å². The zero-order chi connectivity index (χ0) is 29.5. The van der Waals surface area contributed by atoms with E-state index in [0.29, 0.717) is 11.0 Å². The monoisotopic (exact) mass is 567 g/mol. The molecule has 0 atom stereocenters. The third-order valence-corrected chi connectivity index (χ3v) is 7.19. The minimum Gasteiger partial charge on any atom is -0.268 e. The Morgan fingerprint density at radius 1 is 0.558 bits per heavy atom. The molecule has 0 N–H and O–H groups in total. The maximum atomic E-state index is 13.6. The maximum absolute atomic E-state index is 13.6. The first-order valence-corrected chi connectivity index (χ1v) is 13.4. The molecular weight excluding hydrogens is 546 g/mol. The van der Waals surface area contributed by atoms with E-state index in [-0.39, 0.29) is 27.9 Å². The molecule has 3 heterocycles. The molecule has 7 rings (SSSR count). The van der Waals surface area contributed by atoms with Crippen LogP contribution in [0.5, 0.6) is 0 Å². The Labute approximate surface area is 244 Å². The molecule has 0 aliphatic carbocycles. The highest BCUT2D eigenvalue weighted by Gasteiger charge is 2.39. The van der Waals surface area contributed by atoms with E-state index in [4.69, 9.17) is 9.68 Å². The molecule has 0 fully saturated rings. The number of rotatable bonds is 5. The van der Waals surface area contributed by atoms with Gasteiger partial charge in [0.05, 0.1) is 38.7 Å². The van der Waals surface area contributed by atoms with Crippen molar-refractivity contribution in [1.29, 1.82) is 0 Å². The van der Waals surface area contributed by atoms with Gasteiger partial charge in [-0.3, -0.25) is 9.59 Å². The molecule has 1 aliphatic heterocycles. The zero-order valence-corrected chi connectivity index (χ0v) is 22.4. The van der Waals surface area contributed by atoms with Crippen LogP contribution in [0.25, 0.3) is 21.8 Å². The largest absolute Gasteiger partial charge is 0.413 e.